The Bertz CT molecular complexity index is 1390. The number of nitrogens with zero attached hydrogens (tertiary/aromatic N) is 4. The van der Waals surface area contributed by atoms with Crippen LogP contribution in [0.4, 0.5) is 0 Å². The van der Waals surface area contributed by atoms with Gasteiger partial charge in [0.1, 0.15) is 12.1 Å². The van der Waals surface area contributed by atoms with Gasteiger partial charge in [-0.05, 0) is 36.5 Å². The number of benzene rings is 2. The van der Waals surface area contributed by atoms with E-state index in [2.05, 4.69) is 51.1 Å². The summed E-state index contributed by atoms with van der Waals surface area (Å²) in [5, 5.41) is 9.14. The number of aryl methyl sites for hydroxylation is 1. The van der Waals surface area contributed by atoms with Crippen LogP contribution in [-0.2, 0) is 30.8 Å². The summed E-state index contributed by atoms with van der Waals surface area (Å²) in [6.45, 7) is 6.32. The highest BCUT2D eigenvalue weighted by Crippen LogP contribution is 2.26. The second-order valence-corrected chi connectivity index (χ2v) is 9.04. The first-order valence-electron chi connectivity index (χ1n) is 12.2. The lowest BCUT2D eigenvalue weighted by Crippen LogP contribution is -2.36. The maximum atomic E-state index is 13.3. The first kappa shape index (κ1) is 22.3. The highest BCUT2D eigenvalue weighted by molar-refractivity contribution is 6.07. The van der Waals surface area contributed by atoms with Crippen molar-refractivity contribution in [2.75, 3.05) is 19.6 Å². The molecule has 0 saturated heterocycles. The van der Waals surface area contributed by atoms with E-state index in [1.54, 1.807) is 6.20 Å². The number of amides is 1. The fraction of sp³-hybridized carbons (Fsp3) is 0.370. The van der Waals surface area contributed by atoms with Crippen molar-refractivity contribution in [2.45, 2.75) is 45.8 Å². The number of hydrogen-bond acceptors (Lipinski definition) is 4. The van der Waals surface area contributed by atoms with Gasteiger partial charge in [0.2, 0.25) is 5.91 Å². The maximum Gasteiger partial charge on any atom is 0.291 e. The molecule has 2 aromatic heterocycles. The quantitative estimate of drug-likeness (QED) is 0.412. The van der Waals surface area contributed by atoms with Crippen LogP contribution in [-0.4, -0.2) is 44.8 Å². The SMILES string of the molecule is CCCn1c2ccccc2c2cnn(CC(=O)NCCCN3CCc4ccccc4C3)c(=O)c21. The summed E-state index contributed by atoms with van der Waals surface area (Å²) in [6, 6.07) is 16.6. The standard InChI is InChI=1S/C27H31N5O2/c1-2-14-31-24-11-6-5-10-22(24)23-17-29-32(27(34)26(23)31)19-25(33)28-13-7-15-30-16-12-20-8-3-4-9-21(20)18-30/h3-6,8-11,17H,2,7,12-16,18-19H2,1H3,(H,28,33). The normalized spacial score (nSPS) is 13.9. The molecule has 34 heavy (non-hydrogen) atoms. The Balaban J connectivity index is 1.21. The van der Waals surface area contributed by atoms with Crippen LogP contribution in [0.3, 0.4) is 0 Å². The summed E-state index contributed by atoms with van der Waals surface area (Å²) < 4.78 is 3.34. The first-order chi connectivity index (χ1) is 16.7. The number of carbonyl (C=O) groups is 1. The van der Waals surface area contributed by atoms with E-state index in [0.717, 1.165) is 61.7 Å². The molecule has 1 N–H and O–H groups in total. The zero-order chi connectivity index (χ0) is 23.5. The van der Waals surface area contributed by atoms with Crippen LogP contribution in [0, 0.1) is 0 Å². The summed E-state index contributed by atoms with van der Waals surface area (Å²) in [4.78, 5) is 28.3. The third-order valence-electron chi connectivity index (χ3n) is 6.70. The topological polar surface area (TPSA) is 72.2 Å². The summed E-state index contributed by atoms with van der Waals surface area (Å²) in [5.41, 5.74) is 4.28. The number of carbonyl (C=O) groups excluding carboxylic acids is 1. The van der Waals surface area contributed by atoms with Crippen LogP contribution >= 0.6 is 0 Å². The predicted octanol–water partition coefficient (Wildman–Crippen LogP) is 3.33. The van der Waals surface area contributed by atoms with E-state index in [1.807, 2.05) is 24.3 Å². The largest absolute Gasteiger partial charge is 0.354 e. The van der Waals surface area contributed by atoms with Gasteiger partial charge in [-0.2, -0.15) is 5.10 Å². The molecule has 0 radical (unpaired) electrons. The molecule has 1 amide bonds. The van der Waals surface area contributed by atoms with E-state index in [9.17, 15) is 9.59 Å². The van der Waals surface area contributed by atoms with Crippen molar-refractivity contribution in [3.63, 3.8) is 0 Å². The van der Waals surface area contributed by atoms with Gasteiger partial charge >= 0.3 is 0 Å². The molecule has 1 aliphatic rings. The van der Waals surface area contributed by atoms with Crippen LogP contribution in [0.1, 0.15) is 30.9 Å². The predicted molar refractivity (Wildman–Crippen MR) is 135 cm³/mol. The Labute approximate surface area is 199 Å². The van der Waals surface area contributed by atoms with E-state index < -0.39 is 0 Å². The minimum absolute atomic E-state index is 0.0699. The fourth-order valence-electron chi connectivity index (χ4n) is 5.03. The third-order valence-corrected chi connectivity index (χ3v) is 6.70. The van der Waals surface area contributed by atoms with Gasteiger partial charge < -0.3 is 9.88 Å². The van der Waals surface area contributed by atoms with Crippen molar-refractivity contribution in [2.24, 2.45) is 0 Å². The molecule has 1 aliphatic heterocycles. The highest BCUT2D eigenvalue weighted by Gasteiger charge is 2.17. The Kier molecular flexibility index (Phi) is 6.45. The smallest absolute Gasteiger partial charge is 0.291 e. The van der Waals surface area contributed by atoms with Crippen LogP contribution in [0.25, 0.3) is 21.8 Å². The monoisotopic (exact) mass is 457 g/mol. The minimum atomic E-state index is -0.218. The van der Waals surface area contributed by atoms with Crippen LogP contribution < -0.4 is 10.9 Å². The van der Waals surface area contributed by atoms with Crippen molar-refractivity contribution >= 4 is 27.7 Å². The minimum Gasteiger partial charge on any atom is -0.354 e. The van der Waals surface area contributed by atoms with Crippen LogP contribution in [0.2, 0.25) is 0 Å². The lowest BCUT2D eigenvalue weighted by Gasteiger charge is -2.28. The molecule has 176 valence electrons. The van der Waals surface area contributed by atoms with Gasteiger partial charge in [0.05, 0.1) is 6.20 Å². The fourth-order valence-corrected chi connectivity index (χ4v) is 5.03. The third kappa shape index (κ3) is 4.35. The van der Waals surface area contributed by atoms with E-state index in [1.165, 1.54) is 15.8 Å². The molecule has 0 aliphatic carbocycles. The first-order valence-corrected chi connectivity index (χ1v) is 12.2. The molecular weight excluding hydrogens is 426 g/mol. The number of para-hydroxylation sites is 1. The van der Waals surface area contributed by atoms with Gasteiger partial charge in [0.15, 0.2) is 0 Å². The van der Waals surface area contributed by atoms with E-state index in [-0.39, 0.29) is 18.0 Å². The van der Waals surface area contributed by atoms with Crippen molar-refractivity contribution in [3.05, 3.63) is 76.2 Å². The molecule has 7 heteroatoms. The van der Waals surface area contributed by atoms with Crippen molar-refractivity contribution in [1.82, 2.24) is 24.6 Å². The summed E-state index contributed by atoms with van der Waals surface area (Å²) >= 11 is 0. The second-order valence-electron chi connectivity index (χ2n) is 9.04. The molecule has 0 unspecified atom stereocenters. The van der Waals surface area contributed by atoms with E-state index in [0.29, 0.717) is 12.1 Å². The van der Waals surface area contributed by atoms with E-state index >= 15 is 0 Å². The average molecular weight is 458 g/mol. The summed E-state index contributed by atoms with van der Waals surface area (Å²) in [7, 11) is 0. The molecule has 7 nitrogen and oxygen atoms in total. The second kappa shape index (κ2) is 9.81. The number of hydrogen-bond donors (Lipinski definition) is 1. The van der Waals surface area contributed by atoms with Gasteiger partial charge in [0, 0.05) is 49.0 Å². The Morgan fingerprint density at radius 2 is 1.82 bits per heavy atom. The lowest BCUT2D eigenvalue weighted by atomic mass is 10.00. The lowest BCUT2D eigenvalue weighted by molar-refractivity contribution is -0.121. The highest BCUT2D eigenvalue weighted by atomic mass is 16.2. The van der Waals surface area contributed by atoms with Gasteiger partial charge in [-0.1, -0.05) is 49.4 Å². The Morgan fingerprint density at radius 1 is 1.03 bits per heavy atom. The Hall–Kier alpha value is -3.45. The Morgan fingerprint density at radius 3 is 2.68 bits per heavy atom. The molecule has 2 aromatic carbocycles. The summed E-state index contributed by atoms with van der Waals surface area (Å²) in [6.07, 6.45) is 4.58. The molecular formula is C27H31N5O2. The maximum absolute atomic E-state index is 13.3. The van der Waals surface area contributed by atoms with Crippen molar-refractivity contribution in [3.8, 4) is 0 Å². The van der Waals surface area contributed by atoms with Gasteiger partial charge in [-0.3, -0.25) is 14.5 Å². The number of aromatic nitrogens is 3. The zero-order valence-corrected chi connectivity index (χ0v) is 19.7. The number of fused-ring (bicyclic) bond motifs is 4. The molecule has 4 aromatic rings. The van der Waals surface area contributed by atoms with Gasteiger partial charge in [-0.15, -0.1) is 0 Å². The van der Waals surface area contributed by atoms with Crippen molar-refractivity contribution in [1.29, 1.82) is 0 Å². The van der Waals surface area contributed by atoms with Gasteiger partial charge in [-0.25, -0.2) is 4.68 Å². The molecule has 3 heterocycles. The van der Waals surface area contributed by atoms with Crippen molar-refractivity contribution < 1.29 is 4.79 Å². The molecule has 0 bridgehead atoms. The summed E-state index contributed by atoms with van der Waals surface area (Å²) in [5.74, 6) is -0.184. The van der Waals surface area contributed by atoms with Crippen LogP contribution in [0.15, 0.2) is 59.5 Å². The average Bonchev–Trinajstić information content (AvgIpc) is 3.18. The molecule has 5 rings (SSSR count). The molecule has 0 saturated carbocycles. The molecule has 0 atom stereocenters. The van der Waals surface area contributed by atoms with Gasteiger partial charge in [0.25, 0.3) is 5.56 Å². The zero-order valence-electron chi connectivity index (χ0n) is 19.7. The van der Waals surface area contributed by atoms with Crippen LogP contribution in [0.5, 0.6) is 0 Å². The molecule has 0 spiro atoms. The number of nitrogens with one attached hydrogen (secondary N) is 1. The number of rotatable bonds is 8. The van der Waals surface area contributed by atoms with E-state index in [4.69, 9.17) is 0 Å². The molecule has 0 fully saturated rings.